The number of aliphatic hydroxyl groups excluding tert-OH is 2. The standard InChI is InChI=1S/C7H14O5/c1-7(10)4(8)3-12-6(9)5(7)11-2/h4-6,8-10H,3H2,1-2H3/t4-,5+,6?,7+/m1/s1. The highest BCUT2D eigenvalue weighted by Gasteiger charge is 2.47. The minimum absolute atomic E-state index is 0.0893. The molecule has 1 saturated heterocycles. The van der Waals surface area contributed by atoms with Gasteiger partial charge in [0.1, 0.15) is 17.8 Å². The van der Waals surface area contributed by atoms with Crippen LogP contribution in [0.3, 0.4) is 0 Å². The average molecular weight is 178 g/mol. The second kappa shape index (κ2) is 3.27. The molecule has 0 saturated carbocycles. The molecule has 1 heterocycles. The second-order valence-electron chi connectivity index (χ2n) is 3.12. The first-order valence-corrected chi connectivity index (χ1v) is 3.73. The van der Waals surface area contributed by atoms with Crippen molar-refractivity contribution in [2.24, 2.45) is 0 Å². The third-order valence-corrected chi connectivity index (χ3v) is 2.19. The van der Waals surface area contributed by atoms with E-state index in [0.29, 0.717) is 0 Å². The van der Waals surface area contributed by atoms with E-state index in [-0.39, 0.29) is 6.61 Å². The van der Waals surface area contributed by atoms with Crippen LogP contribution in [-0.2, 0) is 9.47 Å². The highest BCUT2D eigenvalue weighted by molar-refractivity contribution is 4.94. The topological polar surface area (TPSA) is 79.2 Å². The molecular formula is C7H14O5. The van der Waals surface area contributed by atoms with Gasteiger partial charge in [-0.2, -0.15) is 0 Å². The maximum atomic E-state index is 9.66. The Balaban J connectivity index is 2.76. The first-order valence-electron chi connectivity index (χ1n) is 3.73. The number of hydrogen-bond acceptors (Lipinski definition) is 5. The minimum atomic E-state index is -1.47. The summed E-state index contributed by atoms with van der Waals surface area (Å²) in [6.45, 7) is 1.31. The summed E-state index contributed by atoms with van der Waals surface area (Å²) in [7, 11) is 1.34. The van der Waals surface area contributed by atoms with E-state index in [4.69, 9.17) is 9.47 Å². The Morgan fingerprint density at radius 1 is 1.50 bits per heavy atom. The predicted octanol–water partition coefficient (Wildman–Crippen LogP) is -1.54. The summed E-state index contributed by atoms with van der Waals surface area (Å²) in [5.41, 5.74) is -1.47. The van der Waals surface area contributed by atoms with Crippen molar-refractivity contribution in [3.8, 4) is 0 Å². The molecule has 0 aromatic carbocycles. The van der Waals surface area contributed by atoms with Crippen molar-refractivity contribution in [1.29, 1.82) is 0 Å². The van der Waals surface area contributed by atoms with E-state index in [9.17, 15) is 15.3 Å². The van der Waals surface area contributed by atoms with Crippen LogP contribution in [0, 0.1) is 0 Å². The zero-order valence-electron chi connectivity index (χ0n) is 7.10. The van der Waals surface area contributed by atoms with Crippen molar-refractivity contribution in [3.05, 3.63) is 0 Å². The molecule has 0 aromatic rings. The molecule has 0 aromatic heterocycles. The van der Waals surface area contributed by atoms with Crippen molar-refractivity contribution in [1.82, 2.24) is 0 Å². The molecule has 12 heavy (non-hydrogen) atoms. The zero-order chi connectivity index (χ0) is 9.35. The molecule has 0 radical (unpaired) electrons. The fourth-order valence-corrected chi connectivity index (χ4v) is 1.28. The monoisotopic (exact) mass is 178 g/mol. The molecule has 0 bridgehead atoms. The Morgan fingerprint density at radius 2 is 2.08 bits per heavy atom. The number of aliphatic hydroxyl groups is 3. The Hall–Kier alpha value is -0.200. The molecular weight excluding hydrogens is 164 g/mol. The summed E-state index contributed by atoms with van der Waals surface area (Å²) < 4.78 is 9.55. The molecule has 1 aliphatic heterocycles. The van der Waals surface area contributed by atoms with Crippen molar-refractivity contribution in [2.75, 3.05) is 13.7 Å². The molecule has 5 nitrogen and oxygen atoms in total. The lowest BCUT2D eigenvalue weighted by molar-refractivity contribution is -0.292. The number of rotatable bonds is 1. The fourth-order valence-electron chi connectivity index (χ4n) is 1.28. The van der Waals surface area contributed by atoms with Gasteiger partial charge in [0.15, 0.2) is 6.29 Å². The van der Waals surface area contributed by atoms with Crippen molar-refractivity contribution in [3.63, 3.8) is 0 Å². The summed E-state index contributed by atoms with van der Waals surface area (Å²) in [6, 6.07) is 0. The molecule has 3 N–H and O–H groups in total. The van der Waals surface area contributed by atoms with Crippen molar-refractivity contribution >= 4 is 0 Å². The van der Waals surface area contributed by atoms with E-state index in [1.54, 1.807) is 0 Å². The van der Waals surface area contributed by atoms with Gasteiger partial charge in [0.25, 0.3) is 0 Å². The van der Waals surface area contributed by atoms with Crippen LogP contribution >= 0.6 is 0 Å². The molecule has 0 aliphatic carbocycles. The van der Waals surface area contributed by atoms with E-state index in [1.807, 2.05) is 0 Å². The van der Waals surface area contributed by atoms with E-state index in [1.165, 1.54) is 14.0 Å². The summed E-state index contributed by atoms with van der Waals surface area (Å²) >= 11 is 0. The molecule has 72 valence electrons. The van der Waals surface area contributed by atoms with E-state index in [2.05, 4.69) is 0 Å². The van der Waals surface area contributed by atoms with Gasteiger partial charge in [-0.15, -0.1) is 0 Å². The maximum absolute atomic E-state index is 9.66. The van der Waals surface area contributed by atoms with Crippen LogP contribution in [0.5, 0.6) is 0 Å². The van der Waals surface area contributed by atoms with Gasteiger partial charge in [-0.05, 0) is 6.92 Å². The van der Waals surface area contributed by atoms with Crippen LogP contribution in [-0.4, -0.2) is 53.1 Å². The molecule has 1 aliphatic rings. The van der Waals surface area contributed by atoms with E-state index >= 15 is 0 Å². The molecule has 4 atom stereocenters. The molecule has 5 heteroatoms. The van der Waals surface area contributed by atoms with E-state index < -0.39 is 24.1 Å². The van der Waals surface area contributed by atoms with Crippen molar-refractivity contribution in [2.45, 2.75) is 31.0 Å². The lowest BCUT2D eigenvalue weighted by atomic mass is 9.90. The average Bonchev–Trinajstić information content (AvgIpc) is 1.98. The van der Waals surface area contributed by atoms with Crippen LogP contribution in [0.4, 0.5) is 0 Å². The third kappa shape index (κ3) is 1.46. The normalized spacial score (nSPS) is 49.2. The fraction of sp³-hybridized carbons (Fsp3) is 1.00. The van der Waals surface area contributed by atoms with Gasteiger partial charge >= 0.3 is 0 Å². The highest BCUT2D eigenvalue weighted by atomic mass is 16.6. The van der Waals surface area contributed by atoms with Gasteiger partial charge in [0.2, 0.25) is 0 Å². The number of ether oxygens (including phenoxy) is 2. The maximum Gasteiger partial charge on any atom is 0.184 e. The van der Waals surface area contributed by atoms with Gasteiger partial charge in [-0.1, -0.05) is 0 Å². The van der Waals surface area contributed by atoms with Gasteiger partial charge in [0.05, 0.1) is 6.61 Å². The zero-order valence-corrected chi connectivity index (χ0v) is 7.10. The first kappa shape index (κ1) is 9.88. The molecule has 1 unspecified atom stereocenters. The Morgan fingerprint density at radius 3 is 2.50 bits per heavy atom. The minimum Gasteiger partial charge on any atom is -0.388 e. The lowest BCUT2D eigenvalue weighted by Crippen LogP contribution is -2.61. The van der Waals surface area contributed by atoms with Crippen molar-refractivity contribution < 1.29 is 24.8 Å². The SMILES string of the molecule is CO[C@H]1C(O)OC[C@@H](O)[C@]1(C)O. The first-order chi connectivity index (χ1) is 5.50. The molecule has 0 spiro atoms. The Labute approximate surface area is 70.5 Å². The van der Waals surface area contributed by atoms with Gasteiger partial charge in [-0.3, -0.25) is 0 Å². The van der Waals surface area contributed by atoms with Crippen LogP contribution in [0.2, 0.25) is 0 Å². The van der Waals surface area contributed by atoms with Crippen LogP contribution in [0.1, 0.15) is 6.92 Å². The van der Waals surface area contributed by atoms with Gasteiger partial charge in [0, 0.05) is 7.11 Å². The number of methoxy groups -OCH3 is 1. The Bertz CT molecular complexity index is 158. The third-order valence-electron chi connectivity index (χ3n) is 2.19. The van der Waals surface area contributed by atoms with Crippen LogP contribution in [0.25, 0.3) is 0 Å². The lowest BCUT2D eigenvalue weighted by Gasteiger charge is -2.42. The van der Waals surface area contributed by atoms with E-state index in [0.717, 1.165) is 0 Å². The largest absolute Gasteiger partial charge is 0.388 e. The highest BCUT2D eigenvalue weighted by Crippen LogP contribution is 2.26. The molecule has 0 amide bonds. The quantitative estimate of drug-likeness (QED) is 0.453. The summed E-state index contributed by atoms with van der Waals surface area (Å²) in [5.74, 6) is 0. The van der Waals surface area contributed by atoms with Crippen LogP contribution < -0.4 is 0 Å². The Kier molecular flexibility index (Phi) is 2.70. The molecule has 1 rings (SSSR count). The van der Waals surface area contributed by atoms with Gasteiger partial charge in [-0.25, -0.2) is 0 Å². The second-order valence-corrected chi connectivity index (χ2v) is 3.12. The summed E-state index contributed by atoms with van der Waals surface area (Å²) in [4.78, 5) is 0. The van der Waals surface area contributed by atoms with Crippen LogP contribution in [0.15, 0.2) is 0 Å². The molecule has 1 fully saturated rings. The number of hydrogen-bond donors (Lipinski definition) is 3. The summed E-state index contributed by atoms with van der Waals surface area (Å²) in [6.07, 6.45) is -3.14. The smallest absolute Gasteiger partial charge is 0.184 e. The summed E-state index contributed by atoms with van der Waals surface area (Å²) in [5, 5.41) is 28.2. The predicted molar refractivity (Wildman–Crippen MR) is 39.4 cm³/mol. The van der Waals surface area contributed by atoms with Gasteiger partial charge < -0.3 is 24.8 Å².